The minimum absolute atomic E-state index is 0.0951. The Labute approximate surface area is 109 Å². The zero-order valence-electron chi connectivity index (χ0n) is 11.6. The quantitative estimate of drug-likeness (QED) is 0.762. The molecule has 3 heteroatoms. The maximum Gasteiger partial charge on any atom is 0.233 e. The van der Waals surface area contributed by atoms with Crippen molar-refractivity contribution in [1.29, 1.82) is 5.41 Å². The third-order valence-corrected chi connectivity index (χ3v) is 3.09. The molecule has 0 saturated carbocycles. The molecule has 3 nitrogen and oxygen atoms in total. The van der Waals surface area contributed by atoms with Crippen LogP contribution in [0.25, 0.3) is 0 Å². The fraction of sp³-hybridized carbons (Fsp3) is 0.467. The number of amides is 1. The van der Waals surface area contributed by atoms with Crippen LogP contribution in [0.3, 0.4) is 0 Å². The first-order valence-corrected chi connectivity index (χ1v) is 6.41. The van der Waals surface area contributed by atoms with Crippen LogP contribution in [0.5, 0.6) is 0 Å². The number of carbonyl (C=O) groups is 1. The maximum atomic E-state index is 12.0. The number of nitrogens with one attached hydrogen (secondary N) is 2. The van der Waals surface area contributed by atoms with Crippen molar-refractivity contribution in [3.8, 4) is 0 Å². The van der Waals surface area contributed by atoms with Crippen molar-refractivity contribution in [2.75, 3.05) is 5.32 Å². The fourth-order valence-electron chi connectivity index (χ4n) is 1.87. The van der Waals surface area contributed by atoms with Crippen LogP contribution in [-0.4, -0.2) is 11.6 Å². The van der Waals surface area contributed by atoms with Crippen LogP contribution in [0.4, 0.5) is 5.69 Å². The van der Waals surface area contributed by atoms with Gasteiger partial charge in [0.05, 0.1) is 5.92 Å². The molecule has 0 aliphatic rings. The van der Waals surface area contributed by atoms with Gasteiger partial charge in [-0.15, -0.1) is 0 Å². The first-order valence-electron chi connectivity index (χ1n) is 6.41. The second-order valence-electron chi connectivity index (χ2n) is 4.91. The lowest BCUT2D eigenvalue weighted by atomic mass is 10.00. The largest absolute Gasteiger partial charge is 0.326 e. The molecule has 0 aliphatic heterocycles. The summed E-state index contributed by atoms with van der Waals surface area (Å²) in [4.78, 5) is 12.0. The van der Waals surface area contributed by atoms with E-state index in [1.807, 2.05) is 31.2 Å². The van der Waals surface area contributed by atoms with Crippen molar-refractivity contribution < 1.29 is 4.79 Å². The van der Waals surface area contributed by atoms with E-state index in [-0.39, 0.29) is 11.8 Å². The van der Waals surface area contributed by atoms with Gasteiger partial charge in [-0.05, 0) is 37.0 Å². The van der Waals surface area contributed by atoms with E-state index in [1.54, 1.807) is 6.92 Å². The highest BCUT2D eigenvalue weighted by molar-refractivity contribution is 6.07. The van der Waals surface area contributed by atoms with E-state index in [2.05, 4.69) is 19.2 Å². The first-order chi connectivity index (χ1) is 8.45. The van der Waals surface area contributed by atoms with Gasteiger partial charge in [0.25, 0.3) is 0 Å². The summed E-state index contributed by atoms with van der Waals surface area (Å²) < 4.78 is 0. The number of benzene rings is 1. The number of hydrogen-bond acceptors (Lipinski definition) is 2. The molecule has 0 radical (unpaired) electrons. The molecule has 0 heterocycles. The fourth-order valence-corrected chi connectivity index (χ4v) is 1.87. The van der Waals surface area contributed by atoms with Crippen LogP contribution in [-0.2, 0) is 4.79 Å². The van der Waals surface area contributed by atoms with E-state index < -0.39 is 0 Å². The summed E-state index contributed by atoms with van der Waals surface area (Å²) in [6.45, 7) is 7.87. The Morgan fingerprint density at radius 1 is 1.28 bits per heavy atom. The van der Waals surface area contributed by atoms with Crippen LogP contribution < -0.4 is 5.32 Å². The lowest BCUT2D eigenvalue weighted by Crippen LogP contribution is -2.27. The van der Waals surface area contributed by atoms with Crippen molar-refractivity contribution in [2.24, 2.45) is 5.92 Å². The molecular weight excluding hydrogens is 224 g/mol. The van der Waals surface area contributed by atoms with Crippen molar-refractivity contribution in [3.05, 3.63) is 29.8 Å². The molecular formula is C15H22N2O. The molecule has 1 aromatic carbocycles. The zero-order valence-corrected chi connectivity index (χ0v) is 11.6. The Morgan fingerprint density at radius 2 is 1.83 bits per heavy atom. The Bertz CT molecular complexity index is 421. The summed E-state index contributed by atoms with van der Waals surface area (Å²) in [5.74, 6) is 0.0685. The molecule has 0 aromatic heterocycles. The Balaban J connectivity index is 2.73. The lowest BCUT2D eigenvalue weighted by molar-refractivity contribution is -0.118. The summed E-state index contributed by atoms with van der Waals surface area (Å²) in [6, 6.07) is 7.88. The molecule has 98 valence electrons. The molecule has 2 N–H and O–H groups in total. The standard InChI is InChI=1S/C15H22N2O/c1-5-14(11(4)16)15(18)17-13-8-6-12(7-9-13)10(2)3/h6-10,14,16H,5H2,1-4H3,(H,17,18). The van der Waals surface area contributed by atoms with Crippen molar-refractivity contribution in [2.45, 2.75) is 40.0 Å². The minimum atomic E-state index is -0.324. The average Bonchev–Trinajstić information content (AvgIpc) is 2.29. The smallest absolute Gasteiger partial charge is 0.233 e. The number of hydrogen-bond donors (Lipinski definition) is 2. The van der Waals surface area contributed by atoms with E-state index >= 15 is 0 Å². The first kappa shape index (κ1) is 14.4. The highest BCUT2D eigenvalue weighted by Crippen LogP contribution is 2.18. The molecule has 18 heavy (non-hydrogen) atoms. The maximum absolute atomic E-state index is 12.0. The Morgan fingerprint density at radius 3 is 2.22 bits per heavy atom. The van der Waals surface area contributed by atoms with Gasteiger partial charge in [-0.3, -0.25) is 4.79 Å². The molecule has 0 spiro atoms. The summed E-state index contributed by atoms with van der Waals surface area (Å²) in [6.07, 6.45) is 0.658. The molecule has 1 atom stereocenters. The van der Waals surface area contributed by atoms with Gasteiger partial charge in [0.2, 0.25) is 5.91 Å². The van der Waals surface area contributed by atoms with Crippen LogP contribution >= 0.6 is 0 Å². The summed E-state index contributed by atoms with van der Waals surface area (Å²) in [5.41, 5.74) is 2.46. The van der Waals surface area contributed by atoms with Gasteiger partial charge in [0.1, 0.15) is 0 Å². The second kappa shape index (κ2) is 6.34. The monoisotopic (exact) mass is 246 g/mol. The molecule has 0 bridgehead atoms. The number of anilines is 1. The molecule has 1 amide bonds. The average molecular weight is 246 g/mol. The van der Waals surface area contributed by atoms with Gasteiger partial charge < -0.3 is 10.7 Å². The van der Waals surface area contributed by atoms with Gasteiger partial charge >= 0.3 is 0 Å². The summed E-state index contributed by atoms with van der Waals surface area (Å²) in [7, 11) is 0. The van der Waals surface area contributed by atoms with E-state index in [4.69, 9.17) is 5.41 Å². The molecule has 0 saturated heterocycles. The highest BCUT2D eigenvalue weighted by Gasteiger charge is 2.18. The van der Waals surface area contributed by atoms with Crippen LogP contribution in [0.15, 0.2) is 24.3 Å². The topological polar surface area (TPSA) is 53.0 Å². The molecule has 0 fully saturated rings. The summed E-state index contributed by atoms with van der Waals surface area (Å²) in [5, 5.41) is 10.4. The van der Waals surface area contributed by atoms with Crippen molar-refractivity contribution >= 4 is 17.3 Å². The molecule has 0 aliphatic carbocycles. The third kappa shape index (κ3) is 3.69. The third-order valence-electron chi connectivity index (χ3n) is 3.09. The van der Waals surface area contributed by atoms with E-state index in [0.29, 0.717) is 18.1 Å². The van der Waals surface area contributed by atoms with Gasteiger partial charge in [-0.1, -0.05) is 32.9 Å². The second-order valence-corrected chi connectivity index (χ2v) is 4.91. The predicted molar refractivity (Wildman–Crippen MR) is 76.3 cm³/mol. The normalized spacial score (nSPS) is 12.3. The predicted octanol–water partition coefficient (Wildman–Crippen LogP) is 3.81. The number of carbonyl (C=O) groups excluding carboxylic acids is 1. The SMILES string of the molecule is CCC(C(C)=N)C(=O)Nc1ccc(C(C)C)cc1. The minimum Gasteiger partial charge on any atom is -0.326 e. The van der Waals surface area contributed by atoms with Crippen LogP contribution in [0.1, 0.15) is 45.6 Å². The molecule has 1 unspecified atom stereocenters. The van der Waals surface area contributed by atoms with Gasteiger partial charge in [-0.25, -0.2) is 0 Å². The Kier molecular flexibility index (Phi) is 5.08. The highest BCUT2D eigenvalue weighted by atomic mass is 16.1. The van der Waals surface area contributed by atoms with Crippen molar-refractivity contribution in [1.82, 2.24) is 0 Å². The van der Waals surface area contributed by atoms with Crippen LogP contribution in [0.2, 0.25) is 0 Å². The number of rotatable bonds is 5. The van der Waals surface area contributed by atoms with Crippen LogP contribution in [0, 0.1) is 11.3 Å². The Hall–Kier alpha value is -1.64. The van der Waals surface area contributed by atoms with E-state index in [0.717, 1.165) is 5.69 Å². The summed E-state index contributed by atoms with van der Waals surface area (Å²) >= 11 is 0. The van der Waals surface area contributed by atoms with Gasteiger partial charge in [-0.2, -0.15) is 0 Å². The van der Waals surface area contributed by atoms with Gasteiger partial charge in [0, 0.05) is 11.4 Å². The van der Waals surface area contributed by atoms with E-state index in [1.165, 1.54) is 5.56 Å². The zero-order chi connectivity index (χ0) is 13.7. The van der Waals surface area contributed by atoms with Crippen molar-refractivity contribution in [3.63, 3.8) is 0 Å². The lowest BCUT2D eigenvalue weighted by Gasteiger charge is -2.14. The molecule has 1 aromatic rings. The van der Waals surface area contributed by atoms with Gasteiger partial charge in [0.15, 0.2) is 0 Å². The molecule has 1 rings (SSSR count). The van der Waals surface area contributed by atoms with E-state index in [9.17, 15) is 4.79 Å².